The Labute approximate surface area is 111 Å². The third-order valence-electron chi connectivity index (χ3n) is 1.11. The van der Waals surface area contributed by atoms with E-state index in [0.717, 1.165) is 0 Å². The number of nitrogens with zero attached hydrogens (tertiary/aromatic N) is 1. The number of nitrogens with one attached hydrogen (secondary N) is 1. The average molecular weight is 310 g/mol. The number of amides is 1. The average Bonchev–Trinajstić information content (AvgIpc) is 2.28. The highest BCUT2D eigenvalue weighted by Gasteiger charge is 2.00. The summed E-state index contributed by atoms with van der Waals surface area (Å²) in [5, 5.41) is 2.85. The van der Waals surface area contributed by atoms with Crippen LogP contribution in [-0.2, 0) is 4.79 Å². The summed E-state index contributed by atoms with van der Waals surface area (Å²) in [4.78, 5) is 14.5. The molecule has 1 rings (SSSR count). The maximum Gasteiger partial charge on any atom is 0.222 e. The van der Waals surface area contributed by atoms with Crippen molar-refractivity contribution in [2.45, 2.75) is 34.6 Å². The molecule has 0 bridgehead atoms. The summed E-state index contributed by atoms with van der Waals surface area (Å²) >= 11 is 8.88. The lowest BCUT2D eigenvalue weighted by atomic mass is 10.4. The standard InChI is InChI=1S/C7H6BrClN2O.2C2H6/c1-4(12)10-6-3-2-5(8)7(9)11-6;2*1-2/h2-3H,1H3,(H,10,11,12);2*1-2H3. The van der Waals surface area contributed by atoms with Gasteiger partial charge < -0.3 is 5.32 Å². The maximum atomic E-state index is 10.6. The predicted molar refractivity (Wildman–Crippen MR) is 73.9 cm³/mol. The van der Waals surface area contributed by atoms with Crippen LogP contribution >= 0.6 is 27.5 Å². The van der Waals surface area contributed by atoms with Crippen molar-refractivity contribution in [3.63, 3.8) is 0 Å². The van der Waals surface area contributed by atoms with E-state index in [1.165, 1.54) is 6.92 Å². The van der Waals surface area contributed by atoms with Crippen LogP contribution in [-0.4, -0.2) is 10.9 Å². The number of carbonyl (C=O) groups is 1. The lowest BCUT2D eigenvalue weighted by Crippen LogP contribution is -2.07. The van der Waals surface area contributed by atoms with Crippen LogP contribution in [0.25, 0.3) is 0 Å². The van der Waals surface area contributed by atoms with Crippen LogP contribution in [0.1, 0.15) is 34.6 Å². The highest BCUT2D eigenvalue weighted by atomic mass is 79.9. The molecule has 92 valence electrons. The van der Waals surface area contributed by atoms with Gasteiger partial charge in [-0.15, -0.1) is 0 Å². The van der Waals surface area contributed by atoms with Gasteiger partial charge in [-0.1, -0.05) is 39.3 Å². The van der Waals surface area contributed by atoms with Crippen molar-refractivity contribution in [3.05, 3.63) is 21.8 Å². The van der Waals surface area contributed by atoms with E-state index in [1.807, 2.05) is 27.7 Å². The second-order valence-electron chi connectivity index (χ2n) is 2.15. The van der Waals surface area contributed by atoms with Gasteiger partial charge in [0.05, 0.1) is 4.47 Å². The Kier molecular flexibility index (Phi) is 12.1. The molecule has 0 radical (unpaired) electrons. The number of aromatic nitrogens is 1. The lowest BCUT2D eigenvalue weighted by Gasteiger charge is -2.01. The highest BCUT2D eigenvalue weighted by Crippen LogP contribution is 2.21. The molecule has 1 amide bonds. The van der Waals surface area contributed by atoms with E-state index >= 15 is 0 Å². The van der Waals surface area contributed by atoms with Crippen molar-refractivity contribution in [2.24, 2.45) is 0 Å². The van der Waals surface area contributed by atoms with Crippen molar-refractivity contribution >= 4 is 39.3 Å². The smallest absolute Gasteiger partial charge is 0.222 e. The predicted octanol–water partition coefficient (Wildman–Crippen LogP) is 4.51. The van der Waals surface area contributed by atoms with Crippen LogP contribution in [0.15, 0.2) is 16.6 Å². The summed E-state index contributed by atoms with van der Waals surface area (Å²) in [5.41, 5.74) is 0. The molecule has 0 aliphatic heterocycles. The number of pyridine rings is 1. The number of hydrogen-bond acceptors (Lipinski definition) is 2. The summed E-state index contributed by atoms with van der Waals surface area (Å²) in [6, 6.07) is 3.39. The molecule has 0 unspecified atom stereocenters. The van der Waals surface area contributed by atoms with E-state index in [0.29, 0.717) is 15.4 Å². The van der Waals surface area contributed by atoms with Crippen LogP contribution in [0.4, 0.5) is 5.82 Å². The minimum atomic E-state index is -0.166. The van der Waals surface area contributed by atoms with Gasteiger partial charge in [-0.2, -0.15) is 0 Å². The van der Waals surface area contributed by atoms with Crippen LogP contribution in [0.5, 0.6) is 0 Å². The van der Waals surface area contributed by atoms with Gasteiger partial charge in [0.2, 0.25) is 5.91 Å². The molecule has 0 fully saturated rings. The summed E-state index contributed by atoms with van der Waals surface area (Å²) in [5.74, 6) is 0.289. The molecule has 1 aromatic heterocycles. The SMILES string of the molecule is CC.CC.CC(=O)Nc1ccc(Br)c(Cl)n1. The monoisotopic (exact) mass is 308 g/mol. The number of halogens is 2. The zero-order valence-corrected chi connectivity index (χ0v) is 12.6. The molecule has 1 aromatic rings. The van der Waals surface area contributed by atoms with Gasteiger partial charge in [-0.25, -0.2) is 4.98 Å². The molecule has 3 nitrogen and oxygen atoms in total. The third-order valence-corrected chi connectivity index (χ3v) is 2.26. The van der Waals surface area contributed by atoms with Gasteiger partial charge in [0.25, 0.3) is 0 Å². The first-order valence-electron chi connectivity index (χ1n) is 5.19. The third kappa shape index (κ3) is 7.65. The van der Waals surface area contributed by atoms with Crippen LogP contribution in [0.3, 0.4) is 0 Å². The number of carbonyl (C=O) groups excluding carboxylic acids is 1. The van der Waals surface area contributed by atoms with Crippen LogP contribution in [0, 0.1) is 0 Å². The largest absolute Gasteiger partial charge is 0.311 e. The minimum absolute atomic E-state index is 0.166. The molecule has 1 heterocycles. The highest BCUT2D eigenvalue weighted by molar-refractivity contribution is 9.10. The Morgan fingerprint density at radius 3 is 2.19 bits per heavy atom. The maximum absolute atomic E-state index is 10.6. The first-order valence-corrected chi connectivity index (χ1v) is 6.36. The molecule has 0 saturated heterocycles. The van der Waals surface area contributed by atoms with Gasteiger partial charge in [0.15, 0.2) is 0 Å². The summed E-state index contributed by atoms with van der Waals surface area (Å²) in [7, 11) is 0. The van der Waals surface area contributed by atoms with E-state index in [-0.39, 0.29) is 5.91 Å². The topological polar surface area (TPSA) is 42.0 Å². The molecular formula is C11H18BrClN2O. The van der Waals surface area contributed by atoms with Gasteiger partial charge in [0.1, 0.15) is 11.0 Å². The van der Waals surface area contributed by atoms with Gasteiger partial charge in [-0.05, 0) is 28.1 Å². The number of anilines is 1. The molecule has 0 atom stereocenters. The quantitative estimate of drug-likeness (QED) is 0.776. The first-order chi connectivity index (χ1) is 7.59. The second-order valence-corrected chi connectivity index (χ2v) is 3.36. The Morgan fingerprint density at radius 2 is 1.81 bits per heavy atom. The molecule has 16 heavy (non-hydrogen) atoms. The van der Waals surface area contributed by atoms with Crippen molar-refractivity contribution in [1.82, 2.24) is 4.98 Å². The molecule has 0 aromatic carbocycles. The van der Waals surface area contributed by atoms with Crippen molar-refractivity contribution in [3.8, 4) is 0 Å². The fraction of sp³-hybridized carbons (Fsp3) is 0.455. The van der Waals surface area contributed by atoms with E-state index in [2.05, 4.69) is 26.2 Å². The molecular weight excluding hydrogens is 291 g/mol. The number of rotatable bonds is 1. The zero-order valence-electron chi connectivity index (χ0n) is 10.3. The Hall–Kier alpha value is -0.610. The lowest BCUT2D eigenvalue weighted by molar-refractivity contribution is -0.114. The fourth-order valence-electron chi connectivity index (χ4n) is 0.667. The van der Waals surface area contributed by atoms with E-state index in [1.54, 1.807) is 12.1 Å². The van der Waals surface area contributed by atoms with Crippen LogP contribution < -0.4 is 5.32 Å². The minimum Gasteiger partial charge on any atom is -0.311 e. The van der Waals surface area contributed by atoms with E-state index in [4.69, 9.17) is 11.6 Å². The molecule has 0 aliphatic carbocycles. The Morgan fingerprint density at radius 1 is 1.31 bits per heavy atom. The summed E-state index contributed by atoms with van der Waals surface area (Å²) < 4.78 is 0.707. The van der Waals surface area contributed by atoms with Crippen molar-refractivity contribution < 1.29 is 4.79 Å². The Bertz CT molecular complexity index is 319. The second kappa shape index (κ2) is 10.9. The number of hydrogen-bond donors (Lipinski definition) is 1. The van der Waals surface area contributed by atoms with E-state index < -0.39 is 0 Å². The molecule has 0 spiro atoms. The van der Waals surface area contributed by atoms with Crippen LogP contribution in [0.2, 0.25) is 5.15 Å². The van der Waals surface area contributed by atoms with Crippen molar-refractivity contribution in [2.75, 3.05) is 5.32 Å². The zero-order chi connectivity index (χ0) is 13.1. The molecule has 0 saturated carbocycles. The molecule has 5 heteroatoms. The van der Waals surface area contributed by atoms with Crippen molar-refractivity contribution in [1.29, 1.82) is 0 Å². The molecule has 0 aliphatic rings. The van der Waals surface area contributed by atoms with Gasteiger partial charge in [0, 0.05) is 6.92 Å². The van der Waals surface area contributed by atoms with Gasteiger partial charge in [-0.3, -0.25) is 4.79 Å². The van der Waals surface area contributed by atoms with E-state index in [9.17, 15) is 4.79 Å². The Balaban J connectivity index is 0. The normalized spacial score (nSPS) is 7.94. The molecule has 1 N–H and O–H groups in total. The summed E-state index contributed by atoms with van der Waals surface area (Å²) in [6.07, 6.45) is 0. The summed E-state index contributed by atoms with van der Waals surface area (Å²) in [6.45, 7) is 9.41. The van der Waals surface area contributed by atoms with Gasteiger partial charge >= 0.3 is 0 Å². The first kappa shape index (κ1) is 17.8. The fourth-order valence-corrected chi connectivity index (χ4v) is 1.04.